The standard InChI is InChI=1S/C19H20FN3O3/c20-13-5-6-14(22-10-13)9-18(24)23-12-17(19-16(23)4-2-8-25-19)26-15-3-1-7-21-11-15/h1,3,5-7,10-11,16-17,19H,2,4,8-9,12H2/t16-,17+,19+/m1/s1. The second kappa shape index (κ2) is 7.37. The first kappa shape index (κ1) is 16.9. The molecule has 0 unspecified atom stereocenters. The molecule has 4 rings (SSSR count). The molecule has 3 atom stereocenters. The number of hydrogen-bond acceptors (Lipinski definition) is 5. The summed E-state index contributed by atoms with van der Waals surface area (Å²) in [5.74, 6) is 0.217. The van der Waals surface area contributed by atoms with E-state index in [-0.39, 0.29) is 30.6 Å². The summed E-state index contributed by atoms with van der Waals surface area (Å²) in [6, 6.07) is 6.52. The van der Waals surface area contributed by atoms with Gasteiger partial charge in [0.05, 0.1) is 31.4 Å². The van der Waals surface area contributed by atoms with E-state index in [1.807, 2.05) is 17.0 Å². The van der Waals surface area contributed by atoms with Gasteiger partial charge in [-0.25, -0.2) is 4.39 Å². The summed E-state index contributed by atoms with van der Waals surface area (Å²) < 4.78 is 25.0. The van der Waals surface area contributed by atoms with Crippen LogP contribution in [0.4, 0.5) is 4.39 Å². The average molecular weight is 357 g/mol. The van der Waals surface area contributed by atoms with E-state index in [1.54, 1.807) is 18.5 Å². The van der Waals surface area contributed by atoms with E-state index in [1.165, 1.54) is 6.07 Å². The summed E-state index contributed by atoms with van der Waals surface area (Å²) >= 11 is 0. The molecular weight excluding hydrogens is 337 g/mol. The van der Waals surface area contributed by atoms with Crippen molar-refractivity contribution in [3.05, 3.63) is 54.4 Å². The van der Waals surface area contributed by atoms with Gasteiger partial charge in [-0.2, -0.15) is 0 Å². The van der Waals surface area contributed by atoms with Crippen molar-refractivity contribution in [3.63, 3.8) is 0 Å². The number of rotatable bonds is 4. The van der Waals surface area contributed by atoms with Crippen molar-refractivity contribution < 1.29 is 18.7 Å². The van der Waals surface area contributed by atoms with Crippen molar-refractivity contribution in [2.45, 2.75) is 37.5 Å². The Labute approximate surface area is 151 Å². The molecule has 6 nitrogen and oxygen atoms in total. The summed E-state index contributed by atoms with van der Waals surface area (Å²) in [6.45, 7) is 1.14. The number of likely N-dealkylation sites (tertiary alicyclic amines) is 1. The maximum absolute atomic E-state index is 13.0. The van der Waals surface area contributed by atoms with Crippen LogP contribution in [-0.2, 0) is 16.0 Å². The zero-order valence-corrected chi connectivity index (χ0v) is 14.3. The van der Waals surface area contributed by atoms with Gasteiger partial charge >= 0.3 is 0 Å². The van der Waals surface area contributed by atoms with Gasteiger partial charge in [0.1, 0.15) is 23.8 Å². The minimum atomic E-state index is -0.409. The number of ether oxygens (including phenoxy) is 2. The van der Waals surface area contributed by atoms with Gasteiger partial charge in [-0.1, -0.05) is 0 Å². The molecule has 2 aromatic rings. The summed E-state index contributed by atoms with van der Waals surface area (Å²) in [6.07, 6.45) is 6.05. The maximum Gasteiger partial charge on any atom is 0.229 e. The van der Waals surface area contributed by atoms with Crippen LogP contribution in [0.5, 0.6) is 5.75 Å². The van der Waals surface area contributed by atoms with E-state index < -0.39 is 5.82 Å². The van der Waals surface area contributed by atoms with E-state index >= 15 is 0 Å². The molecule has 1 amide bonds. The largest absolute Gasteiger partial charge is 0.484 e. The minimum Gasteiger partial charge on any atom is -0.484 e. The Balaban J connectivity index is 1.48. The monoisotopic (exact) mass is 357 g/mol. The Morgan fingerprint density at radius 1 is 1.35 bits per heavy atom. The Morgan fingerprint density at radius 3 is 3.04 bits per heavy atom. The highest BCUT2D eigenvalue weighted by molar-refractivity contribution is 5.79. The molecule has 7 heteroatoms. The molecule has 2 aliphatic heterocycles. The molecule has 26 heavy (non-hydrogen) atoms. The van der Waals surface area contributed by atoms with Crippen molar-refractivity contribution in [3.8, 4) is 5.75 Å². The Kier molecular flexibility index (Phi) is 4.79. The number of hydrogen-bond donors (Lipinski definition) is 0. The van der Waals surface area contributed by atoms with Crippen molar-refractivity contribution in [1.29, 1.82) is 0 Å². The molecule has 0 spiro atoms. The molecule has 0 aromatic carbocycles. The summed E-state index contributed by atoms with van der Waals surface area (Å²) in [5.41, 5.74) is 0.557. The van der Waals surface area contributed by atoms with E-state index in [9.17, 15) is 9.18 Å². The highest BCUT2D eigenvalue weighted by atomic mass is 19.1. The van der Waals surface area contributed by atoms with Gasteiger partial charge in [0.2, 0.25) is 5.91 Å². The van der Waals surface area contributed by atoms with E-state index in [0.29, 0.717) is 24.6 Å². The quantitative estimate of drug-likeness (QED) is 0.837. The number of nitrogens with zero attached hydrogens (tertiary/aromatic N) is 3. The van der Waals surface area contributed by atoms with Gasteiger partial charge in [0.25, 0.3) is 0 Å². The molecule has 2 fully saturated rings. The molecule has 0 bridgehead atoms. The number of amides is 1. The average Bonchev–Trinajstić information content (AvgIpc) is 3.03. The summed E-state index contributed by atoms with van der Waals surface area (Å²) in [7, 11) is 0. The van der Waals surface area contributed by atoms with Crippen LogP contribution in [0.2, 0.25) is 0 Å². The van der Waals surface area contributed by atoms with Crippen molar-refractivity contribution >= 4 is 5.91 Å². The number of aromatic nitrogens is 2. The van der Waals surface area contributed by atoms with Gasteiger partial charge in [-0.15, -0.1) is 0 Å². The van der Waals surface area contributed by atoms with Gasteiger partial charge in [-0.05, 0) is 37.1 Å². The maximum atomic E-state index is 13.0. The Hall–Kier alpha value is -2.54. The number of fused-ring (bicyclic) bond motifs is 1. The van der Waals surface area contributed by atoms with Crippen LogP contribution >= 0.6 is 0 Å². The molecule has 2 aromatic heterocycles. The third kappa shape index (κ3) is 3.53. The molecule has 4 heterocycles. The fourth-order valence-corrected chi connectivity index (χ4v) is 3.66. The van der Waals surface area contributed by atoms with Crippen LogP contribution in [0, 0.1) is 5.82 Å². The molecule has 0 radical (unpaired) electrons. The van der Waals surface area contributed by atoms with Gasteiger partial charge in [-0.3, -0.25) is 14.8 Å². The van der Waals surface area contributed by atoms with Crippen LogP contribution in [0.15, 0.2) is 42.9 Å². The van der Waals surface area contributed by atoms with Crippen LogP contribution in [-0.4, -0.2) is 52.2 Å². The fraction of sp³-hybridized carbons (Fsp3) is 0.421. The second-order valence-electron chi connectivity index (χ2n) is 6.58. The second-order valence-corrected chi connectivity index (χ2v) is 6.58. The Morgan fingerprint density at radius 2 is 2.27 bits per heavy atom. The number of carbonyl (C=O) groups is 1. The molecule has 136 valence electrons. The van der Waals surface area contributed by atoms with E-state index in [0.717, 1.165) is 19.0 Å². The van der Waals surface area contributed by atoms with Gasteiger partial charge < -0.3 is 14.4 Å². The molecular formula is C19H20FN3O3. The topological polar surface area (TPSA) is 64.6 Å². The first-order valence-corrected chi connectivity index (χ1v) is 8.79. The van der Waals surface area contributed by atoms with Crippen molar-refractivity contribution in [2.24, 2.45) is 0 Å². The van der Waals surface area contributed by atoms with Crippen LogP contribution in [0.1, 0.15) is 18.5 Å². The van der Waals surface area contributed by atoms with Crippen LogP contribution in [0.3, 0.4) is 0 Å². The highest BCUT2D eigenvalue weighted by Gasteiger charge is 2.47. The van der Waals surface area contributed by atoms with Gasteiger partial charge in [0, 0.05) is 18.5 Å². The first-order chi connectivity index (χ1) is 12.7. The summed E-state index contributed by atoms with van der Waals surface area (Å²) in [4.78, 5) is 22.7. The van der Waals surface area contributed by atoms with E-state index in [2.05, 4.69) is 9.97 Å². The Bertz CT molecular complexity index is 756. The zero-order chi connectivity index (χ0) is 17.9. The smallest absolute Gasteiger partial charge is 0.229 e. The minimum absolute atomic E-state index is 0.00151. The number of pyridine rings is 2. The third-order valence-electron chi connectivity index (χ3n) is 4.84. The lowest BCUT2D eigenvalue weighted by Crippen LogP contribution is -2.44. The number of halogens is 1. The zero-order valence-electron chi connectivity index (χ0n) is 14.3. The SMILES string of the molecule is O=C(Cc1ccc(F)cn1)N1C[C@H](Oc2cccnc2)[C@H]2OCCC[C@H]21. The van der Waals surface area contributed by atoms with Crippen LogP contribution in [0.25, 0.3) is 0 Å². The van der Waals surface area contributed by atoms with Crippen molar-refractivity contribution in [1.82, 2.24) is 14.9 Å². The van der Waals surface area contributed by atoms with Crippen LogP contribution < -0.4 is 4.74 Å². The lowest BCUT2D eigenvalue weighted by Gasteiger charge is -2.32. The third-order valence-corrected chi connectivity index (χ3v) is 4.84. The molecule has 2 saturated heterocycles. The fourth-order valence-electron chi connectivity index (χ4n) is 3.66. The predicted octanol–water partition coefficient (Wildman–Crippen LogP) is 2.00. The first-order valence-electron chi connectivity index (χ1n) is 8.79. The van der Waals surface area contributed by atoms with Crippen molar-refractivity contribution in [2.75, 3.05) is 13.2 Å². The molecule has 0 N–H and O–H groups in total. The highest BCUT2D eigenvalue weighted by Crippen LogP contribution is 2.31. The lowest BCUT2D eigenvalue weighted by molar-refractivity contribution is -0.134. The normalized spacial score (nSPS) is 25.0. The number of carbonyl (C=O) groups excluding carboxylic acids is 1. The van der Waals surface area contributed by atoms with E-state index in [4.69, 9.17) is 9.47 Å². The predicted molar refractivity (Wildman–Crippen MR) is 91.0 cm³/mol. The van der Waals surface area contributed by atoms with Gasteiger partial charge in [0.15, 0.2) is 0 Å². The molecule has 2 aliphatic rings. The molecule has 0 aliphatic carbocycles. The molecule has 0 saturated carbocycles. The lowest BCUT2D eigenvalue weighted by atomic mass is 10.0. The summed E-state index contributed by atoms with van der Waals surface area (Å²) in [5, 5.41) is 0.